The fraction of sp³-hybridized carbons (Fsp3) is 0.500. The summed E-state index contributed by atoms with van der Waals surface area (Å²) in [6.45, 7) is 5.63. The monoisotopic (exact) mass is 523 g/mol. The fourth-order valence-electron chi connectivity index (χ4n) is 4.35. The molecule has 7 nitrogen and oxygen atoms in total. The van der Waals surface area contributed by atoms with Crippen LogP contribution in [0.5, 0.6) is 5.75 Å². The summed E-state index contributed by atoms with van der Waals surface area (Å²) >= 11 is 12.3. The van der Waals surface area contributed by atoms with Gasteiger partial charge >= 0.3 is 0 Å². The average Bonchev–Trinajstić information content (AvgIpc) is 3.58. The second kappa shape index (κ2) is 10.4. The Morgan fingerprint density at radius 3 is 2.47 bits per heavy atom. The van der Waals surface area contributed by atoms with Gasteiger partial charge in [0.25, 0.3) is 0 Å². The van der Waals surface area contributed by atoms with E-state index in [0.717, 1.165) is 62.2 Å². The SMILES string of the molecule is CS(=O)/N=C(\N)n1cc(C2CC2)c(OCC2(C)CCN(Cc3cc(Cl)cc(Cl)c3)CC2)cc1=N. The van der Waals surface area contributed by atoms with Gasteiger partial charge in [0.05, 0.1) is 6.61 Å². The number of benzene rings is 1. The molecule has 0 amide bonds. The molecular weight excluding hydrogens is 493 g/mol. The maximum absolute atomic E-state index is 11.4. The van der Waals surface area contributed by atoms with Crippen molar-refractivity contribution in [3.05, 3.63) is 57.1 Å². The van der Waals surface area contributed by atoms with E-state index in [9.17, 15) is 4.21 Å². The van der Waals surface area contributed by atoms with E-state index in [-0.39, 0.29) is 16.9 Å². The first-order valence-electron chi connectivity index (χ1n) is 11.4. The minimum absolute atomic E-state index is 0.0525. The summed E-state index contributed by atoms with van der Waals surface area (Å²) in [6.07, 6.45) is 7.48. The van der Waals surface area contributed by atoms with Gasteiger partial charge in [-0.2, -0.15) is 4.40 Å². The molecule has 184 valence electrons. The highest BCUT2D eigenvalue weighted by Crippen LogP contribution is 2.44. The number of piperidine rings is 1. The van der Waals surface area contributed by atoms with Gasteiger partial charge in [0.15, 0.2) is 0 Å². The predicted molar refractivity (Wildman–Crippen MR) is 138 cm³/mol. The van der Waals surface area contributed by atoms with Gasteiger partial charge in [0.1, 0.15) is 22.2 Å². The molecule has 2 aliphatic rings. The van der Waals surface area contributed by atoms with Crippen molar-refractivity contribution in [2.75, 3.05) is 26.0 Å². The van der Waals surface area contributed by atoms with Crippen LogP contribution in [0.15, 0.2) is 34.9 Å². The highest BCUT2D eigenvalue weighted by Gasteiger charge is 2.33. The molecule has 1 aromatic heterocycles. The van der Waals surface area contributed by atoms with Gasteiger partial charge < -0.3 is 10.5 Å². The lowest BCUT2D eigenvalue weighted by Crippen LogP contribution is -2.41. The van der Waals surface area contributed by atoms with Crippen LogP contribution in [0.1, 0.15) is 49.7 Å². The lowest BCUT2D eigenvalue weighted by Gasteiger charge is -2.39. The van der Waals surface area contributed by atoms with E-state index in [1.165, 1.54) is 10.8 Å². The molecule has 1 aromatic carbocycles. The largest absolute Gasteiger partial charge is 0.493 e. The Morgan fingerprint density at radius 2 is 1.88 bits per heavy atom. The van der Waals surface area contributed by atoms with Crippen LogP contribution in [-0.4, -0.2) is 45.6 Å². The number of halogens is 2. The molecule has 1 saturated heterocycles. The lowest BCUT2D eigenvalue weighted by molar-refractivity contribution is 0.0651. The minimum Gasteiger partial charge on any atom is -0.493 e. The van der Waals surface area contributed by atoms with E-state index in [0.29, 0.717) is 22.6 Å². The molecule has 2 aromatic rings. The summed E-state index contributed by atoms with van der Waals surface area (Å²) < 4.78 is 23.1. The van der Waals surface area contributed by atoms with E-state index in [4.69, 9.17) is 39.1 Å². The Labute approximate surface area is 213 Å². The van der Waals surface area contributed by atoms with Crippen molar-refractivity contribution >= 4 is 40.1 Å². The van der Waals surface area contributed by atoms with Crippen LogP contribution in [-0.2, 0) is 17.5 Å². The average molecular weight is 525 g/mol. The summed E-state index contributed by atoms with van der Waals surface area (Å²) in [5.74, 6) is 1.20. The Hall–Kier alpha value is -1.87. The third kappa shape index (κ3) is 6.42. The van der Waals surface area contributed by atoms with E-state index in [1.807, 2.05) is 18.3 Å². The van der Waals surface area contributed by atoms with Crippen molar-refractivity contribution in [1.82, 2.24) is 9.47 Å². The molecule has 0 spiro atoms. The number of ether oxygens (including phenoxy) is 1. The summed E-state index contributed by atoms with van der Waals surface area (Å²) in [5, 5.41) is 9.71. The molecule has 1 aliphatic carbocycles. The molecule has 1 saturated carbocycles. The second-order valence-corrected chi connectivity index (χ2v) is 11.6. The number of hydrogen-bond acceptors (Lipinski definition) is 4. The molecule has 10 heteroatoms. The zero-order chi connectivity index (χ0) is 24.5. The molecule has 4 rings (SSSR count). The van der Waals surface area contributed by atoms with Gasteiger partial charge in [-0.25, -0.2) is 4.21 Å². The van der Waals surface area contributed by atoms with Crippen molar-refractivity contribution in [2.45, 2.75) is 45.1 Å². The molecular formula is C24H31Cl2N5O2S. The van der Waals surface area contributed by atoms with Crippen LogP contribution in [0.2, 0.25) is 10.0 Å². The topological polar surface area (TPSA) is 96.7 Å². The summed E-state index contributed by atoms with van der Waals surface area (Å²) in [5.41, 5.74) is 8.35. The Balaban J connectivity index is 1.41. The predicted octanol–water partition coefficient (Wildman–Crippen LogP) is 4.29. The number of nitrogens with one attached hydrogen (secondary N) is 1. The lowest BCUT2D eigenvalue weighted by atomic mass is 9.81. The third-order valence-electron chi connectivity index (χ3n) is 6.53. The molecule has 1 atom stereocenters. The molecule has 0 bridgehead atoms. The Kier molecular flexibility index (Phi) is 7.72. The quantitative estimate of drug-likeness (QED) is 0.417. The maximum Gasteiger partial charge on any atom is 0.215 e. The van der Waals surface area contributed by atoms with Crippen LogP contribution in [0.25, 0.3) is 0 Å². The molecule has 2 fully saturated rings. The zero-order valence-electron chi connectivity index (χ0n) is 19.5. The molecule has 0 radical (unpaired) electrons. The van der Waals surface area contributed by atoms with Crippen molar-refractivity contribution in [3.63, 3.8) is 0 Å². The van der Waals surface area contributed by atoms with E-state index >= 15 is 0 Å². The van der Waals surface area contributed by atoms with Crippen molar-refractivity contribution < 1.29 is 8.95 Å². The van der Waals surface area contributed by atoms with E-state index in [1.54, 1.807) is 12.1 Å². The van der Waals surface area contributed by atoms with Gasteiger partial charge in [-0.15, -0.1) is 0 Å². The molecule has 3 N–H and O–H groups in total. The van der Waals surface area contributed by atoms with Gasteiger partial charge in [-0.1, -0.05) is 30.1 Å². The van der Waals surface area contributed by atoms with Crippen molar-refractivity contribution in [1.29, 1.82) is 5.41 Å². The van der Waals surface area contributed by atoms with Crippen LogP contribution in [0.3, 0.4) is 0 Å². The fourth-order valence-corrected chi connectivity index (χ4v) is 5.27. The van der Waals surface area contributed by atoms with Crippen molar-refractivity contribution in [2.24, 2.45) is 15.5 Å². The number of likely N-dealkylation sites (tertiary alicyclic amines) is 1. The normalized spacial score (nSPS) is 19.7. The zero-order valence-corrected chi connectivity index (χ0v) is 21.8. The Bertz CT molecular complexity index is 1150. The molecule has 1 aliphatic heterocycles. The van der Waals surface area contributed by atoms with Crippen LogP contribution < -0.4 is 16.0 Å². The molecule has 34 heavy (non-hydrogen) atoms. The van der Waals surface area contributed by atoms with Gasteiger partial charge in [0, 0.05) is 46.1 Å². The third-order valence-corrected chi connectivity index (χ3v) is 7.41. The number of nitrogens with zero attached hydrogens (tertiary/aromatic N) is 3. The number of rotatable bonds is 7. The maximum atomic E-state index is 11.4. The highest BCUT2D eigenvalue weighted by molar-refractivity contribution is 7.83. The van der Waals surface area contributed by atoms with Gasteiger partial charge in [-0.05, 0) is 68.5 Å². The summed E-state index contributed by atoms with van der Waals surface area (Å²) in [7, 11) is -1.43. The smallest absolute Gasteiger partial charge is 0.215 e. The number of hydrogen-bond donors (Lipinski definition) is 2. The number of nitrogens with two attached hydrogens (primary N) is 1. The first kappa shape index (κ1) is 25.2. The Morgan fingerprint density at radius 1 is 1.24 bits per heavy atom. The standard InChI is InChI=1S/C24H31Cl2N5O2S/c1-24(5-7-30(8-6-24)13-16-9-18(25)11-19(26)10-16)15-33-21-12-22(27)31(23(28)29-34(2)32)14-20(21)17-3-4-17/h9-12,14,17,27H,3-8,13,15H2,1-2H3,(H2,28,29). The highest BCUT2D eigenvalue weighted by atomic mass is 35.5. The van der Waals surface area contributed by atoms with Gasteiger partial charge in [-0.3, -0.25) is 14.9 Å². The number of aromatic nitrogens is 1. The summed E-state index contributed by atoms with van der Waals surface area (Å²) in [4.78, 5) is 2.42. The van der Waals surface area contributed by atoms with E-state index in [2.05, 4.69) is 16.2 Å². The molecule has 1 unspecified atom stereocenters. The number of pyridine rings is 1. The van der Waals surface area contributed by atoms with Crippen LogP contribution in [0, 0.1) is 10.8 Å². The van der Waals surface area contributed by atoms with Crippen LogP contribution in [0.4, 0.5) is 0 Å². The minimum atomic E-state index is -1.43. The van der Waals surface area contributed by atoms with Gasteiger partial charge in [0.2, 0.25) is 5.96 Å². The van der Waals surface area contributed by atoms with E-state index < -0.39 is 11.0 Å². The first-order valence-corrected chi connectivity index (χ1v) is 13.7. The second-order valence-electron chi connectivity index (χ2n) is 9.65. The first-order chi connectivity index (χ1) is 16.1. The van der Waals surface area contributed by atoms with Crippen molar-refractivity contribution in [3.8, 4) is 5.75 Å². The molecule has 2 heterocycles. The summed E-state index contributed by atoms with van der Waals surface area (Å²) in [6, 6.07) is 7.40. The van der Waals surface area contributed by atoms with Crippen LogP contribution >= 0.6 is 23.2 Å².